The first-order valence-electron chi connectivity index (χ1n) is 4.53. The molecular weight excluding hydrogens is 160 g/mol. The van der Waals surface area contributed by atoms with Gasteiger partial charge in [-0.25, -0.2) is 0 Å². The van der Waals surface area contributed by atoms with E-state index in [4.69, 9.17) is 0 Å². The number of aryl methyl sites for hydroxylation is 1. The lowest BCUT2D eigenvalue weighted by Crippen LogP contribution is -2.26. The molecule has 13 heavy (non-hydrogen) atoms. The molecule has 0 aliphatic rings. The summed E-state index contributed by atoms with van der Waals surface area (Å²) in [6.45, 7) is 7.61. The quantitative estimate of drug-likeness (QED) is 0.677. The monoisotopic (exact) mass is 176 g/mol. The van der Waals surface area contributed by atoms with Gasteiger partial charge >= 0.3 is 0 Å². The van der Waals surface area contributed by atoms with E-state index in [2.05, 4.69) is 6.07 Å². The zero-order valence-electron chi connectivity index (χ0n) is 8.72. The van der Waals surface area contributed by atoms with Crippen LogP contribution in [0.5, 0.6) is 0 Å². The van der Waals surface area contributed by atoms with Gasteiger partial charge in [0.05, 0.1) is 0 Å². The van der Waals surface area contributed by atoms with Crippen molar-refractivity contribution in [3.8, 4) is 0 Å². The summed E-state index contributed by atoms with van der Waals surface area (Å²) in [5.41, 5.74) is 1.94. The Morgan fingerprint density at radius 1 is 1.31 bits per heavy atom. The van der Waals surface area contributed by atoms with Crippen molar-refractivity contribution in [3.05, 3.63) is 35.4 Å². The van der Waals surface area contributed by atoms with Gasteiger partial charge in [0, 0.05) is 5.41 Å². The van der Waals surface area contributed by atoms with E-state index in [0.29, 0.717) is 0 Å². The maximum Gasteiger partial charge on any atom is 0.139 e. The normalized spacial score (nSPS) is 11.4. The number of Topliss-reactive ketones (excluding diaryl/α,β-unsaturated/α-hetero) is 1. The van der Waals surface area contributed by atoms with Gasteiger partial charge in [-0.15, -0.1) is 0 Å². The summed E-state index contributed by atoms with van der Waals surface area (Å²) < 4.78 is 0. The third kappa shape index (κ3) is 1.97. The minimum absolute atomic E-state index is 0.207. The van der Waals surface area contributed by atoms with Crippen molar-refractivity contribution in [1.82, 2.24) is 0 Å². The summed E-state index contributed by atoms with van der Waals surface area (Å²) in [6.07, 6.45) is 0. The van der Waals surface area contributed by atoms with Crippen molar-refractivity contribution < 1.29 is 4.79 Å². The summed E-state index contributed by atoms with van der Waals surface area (Å²) in [5, 5.41) is 0. The van der Waals surface area contributed by atoms with Gasteiger partial charge in [0.25, 0.3) is 0 Å². The number of hydrogen-bond donors (Lipinski definition) is 0. The number of ketones is 1. The maximum absolute atomic E-state index is 11.4. The molecule has 0 radical (unpaired) electrons. The predicted octanol–water partition coefficient (Wildman–Crippen LogP) is 2.86. The maximum atomic E-state index is 11.4. The van der Waals surface area contributed by atoms with Crippen LogP contribution in [0, 0.1) is 6.92 Å². The fourth-order valence-corrected chi connectivity index (χ4v) is 1.24. The number of carbonyl (C=O) groups excluding carboxylic acids is 1. The van der Waals surface area contributed by atoms with Crippen LogP contribution in [0.3, 0.4) is 0 Å². The van der Waals surface area contributed by atoms with Gasteiger partial charge in [-0.3, -0.25) is 4.79 Å². The molecule has 1 rings (SSSR count). The molecule has 70 valence electrons. The summed E-state index contributed by atoms with van der Waals surface area (Å²) >= 11 is 0. The molecule has 0 unspecified atom stereocenters. The van der Waals surface area contributed by atoms with E-state index in [1.807, 2.05) is 39.0 Å². The molecule has 1 aromatic carbocycles. The molecule has 0 saturated carbocycles. The van der Waals surface area contributed by atoms with Crippen LogP contribution in [0.25, 0.3) is 0 Å². The molecule has 0 aliphatic carbocycles. The molecule has 1 heteroatoms. The summed E-state index contributed by atoms with van der Waals surface area (Å²) in [6, 6.07) is 8.12. The Balaban J connectivity index is 3.14. The standard InChI is InChI=1S/C12H16O/c1-9-6-5-7-11(8-9)12(3,4)10(2)13/h5-8H,1-4H3. The van der Waals surface area contributed by atoms with Crippen LogP contribution >= 0.6 is 0 Å². The number of benzene rings is 1. The fraction of sp³-hybridized carbons (Fsp3) is 0.417. The van der Waals surface area contributed by atoms with Crippen LogP contribution in [0.2, 0.25) is 0 Å². The molecule has 0 heterocycles. The average Bonchev–Trinajstić information content (AvgIpc) is 2.04. The summed E-state index contributed by atoms with van der Waals surface area (Å²) in [4.78, 5) is 11.4. The van der Waals surface area contributed by atoms with Gasteiger partial charge in [-0.2, -0.15) is 0 Å². The molecule has 0 saturated heterocycles. The molecule has 0 fully saturated rings. The molecule has 0 amide bonds. The summed E-state index contributed by atoms with van der Waals surface area (Å²) in [7, 11) is 0. The van der Waals surface area contributed by atoms with Crippen molar-refractivity contribution in [1.29, 1.82) is 0 Å². The highest BCUT2D eigenvalue weighted by molar-refractivity contribution is 5.87. The van der Waals surface area contributed by atoms with E-state index in [0.717, 1.165) is 5.56 Å². The van der Waals surface area contributed by atoms with Crippen molar-refractivity contribution in [2.24, 2.45) is 0 Å². The molecule has 0 spiro atoms. The highest BCUT2D eigenvalue weighted by atomic mass is 16.1. The van der Waals surface area contributed by atoms with Crippen LogP contribution in [0.1, 0.15) is 31.9 Å². The lowest BCUT2D eigenvalue weighted by molar-refractivity contribution is -0.121. The van der Waals surface area contributed by atoms with E-state index >= 15 is 0 Å². The second-order valence-corrected chi connectivity index (χ2v) is 4.05. The fourth-order valence-electron chi connectivity index (χ4n) is 1.24. The van der Waals surface area contributed by atoms with Gasteiger partial charge in [-0.05, 0) is 33.3 Å². The van der Waals surface area contributed by atoms with Crippen molar-refractivity contribution in [2.45, 2.75) is 33.1 Å². The Bertz CT molecular complexity index is 324. The van der Waals surface area contributed by atoms with E-state index in [-0.39, 0.29) is 11.2 Å². The topological polar surface area (TPSA) is 17.1 Å². The summed E-state index contributed by atoms with van der Waals surface area (Å²) in [5.74, 6) is 0.207. The number of hydrogen-bond acceptors (Lipinski definition) is 1. The van der Waals surface area contributed by atoms with Gasteiger partial charge < -0.3 is 0 Å². The average molecular weight is 176 g/mol. The van der Waals surface area contributed by atoms with Gasteiger partial charge in [-0.1, -0.05) is 29.8 Å². The van der Waals surface area contributed by atoms with Crippen molar-refractivity contribution >= 4 is 5.78 Å². The Labute approximate surface area is 79.8 Å². The first kappa shape index (κ1) is 9.97. The Morgan fingerprint density at radius 3 is 2.38 bits per heavy atom. The lowest BCUT2D eigenvalue weighted by Gasteiger charge is -2.21. The smallest absolute Gasteiger partial charge is 0.139 e. The van der Waals surface area contributed by atoms with Crippen LogP contribution in [0.15, 0.2) is 24.3 Å². The third-order valence-corrected chi connectivity index (χ3v) is 2.62. The largest absolute Gasteiger partial charge is 0.299 e. The van der Waals surface area contributed by atoms with Crippen LogP contribution in [0.4, 0.5) is 0 Å². The SMILES string of the molecule is CC(=O)C(C)(C)c1cccc(C)c1. The molecule has 0 N–H and O–H groups in total. The molecule has 0 atom stereocenters. The molecule has 1 nitrogen and oxygen atoms in total. The van der Waals surface area contributed by atoms with Gasteiger partial charge in [0.1, 0.15) is 5.78 Å². The lowest BCUT2D eigenvalue weighted by atomic mass is 9.81. The Kier molecular flexibility index (Phi) is 2.55. The van der Waals surface area contributed by atoms with E-state index in [9.17, 15) is 4.79 Å². The second-order valence-electron chi connectivity index (χ2n) is 4.05. The number of carbonyl (C=O) groups is 1. The van der Waals surface area contributed by atoms with Gasteiger partial charge in [0.2, 0.25) is 0 Å². The van der Waals surface area contributed by atoms with E-state index < -0.39 is 0 Å². The van der Waals surface area contributed by atoms with Crippen LogP contribution in [-0.2, 0) is 10.2 Å². The van der Waals surface area contributed by atoms with Crippen molar-refractivity contribution in [2.75, 3.05) is 0 Å². The zero-order chi connectivity index (χ0) is 10.1. The Hall–Kier alpha value is -1.11. The molecule has 0 aliphatic heterocycles. The predicted molar refractivity (Wildman–Crippen MR) is 54.9 cm³/mol. The van der Waals surface area contributed by atoms with Crippen LogP contribution < -0.4 is 0 Å². The first-order valence-corrected chi connectivity index (χ1v) is 4.53. The zero-order valence-corrected chi connectivity index (χ0v) is 8.72. The highest BCUT2D eigenvalue weighted by Gasteiger charge is 2.25. The minimum Gasteiger partial charge on any atom is -0.299 e. The molecule has 0 bridgehead atoms. The minimum atomic E-state index is -0.355. The van der Waals surface area contributed by atoms with E-state index in [1.165, 1.54) is 5.56 Å². The van der Waals surface area contributed by atoms with Crippen LogP contribution in [-0.4, -0.2) is 5.78 Å². The second kappa shape index (κ2) is 3.33. The molecule has 1 aromatic rings. The molecule has 0 aromatic heterocycles. The third-order valence-electron chi connectivity index (χ3n) is 2.62. The van der Waals surface area contributed by atoms with E-state index in [1.54, 1.807) is 6.92 Å². The Morgan fingerprint density at radius 2 is 1.92 bits per heavy atom. The number of rotatable bonds is 2. The van der Waals surface area contributed by atoms with Gasteiger partial charge in [0.15, 0.2) is 0 Å². The first-order chi connectivity index (χ1) is 5.94. The van der Waals surface area contributed by atoms with Crippen molar-refractivity contribution in [3.63, 3.8) is 0 Å². The molecular formula is C12H16O. The highest BCUT2D eigenvalue weighted by Crippen LogP contribution is 2.24.